The van der Waals surface area contributed by atoms with Crippen molar-refractivity contribution in [2.75, 3.05) is 16.7 Å². The van der Waals surface area contributed by atoms with Crippen molar-refractivity contribution in [1.82, 2.24) is 0 Å². The van der Waals surface area contributed by atoms with Gasteiger partial charge in [0.05, 0.1) is 10.6 Å². The van der Waals surface area contributed by atoms with Gasteiger partial charge in [0.25, 0.3) is 15.9 Å². The summed E-state index contributed by atoms with van der Waals surface area (Å²) in [6, 6.07) is 18.3. The number of nitrogens with zero attached hydrogens (tertiary/aromatic N) is 1. The molecule has 1 N–H and O–H groups in total. The zero-order valence-corrected chi connectivity index (χ0v) is 17.9. The van der Waals surface area contributed by atoms with Crippen molar-refractivity contribution in [3.05, 3.63) is 88.4 Å². The molecule has 0 saturated carbocycles. The number of benzene rings is 3. The fourth-order valence-electron chi connectivity index (χ4n) is 2.79. The van der Waals surface area contributed by atoms with E-state index in [1.807, 2.05) is 13.8 Å². The number of nitrogens with one attached hydrogen (secondary N) is 1. The number of hydrogen-bond acceptors (Lipinski definition) is 3. The monoisotopic (exact) mass is 428 g/mol. The molecule has 5 nitrogen and oxygen atoms in total. The molecule has 150 valence electrons. The predicted molar refractivity (Wildman–Crippen MR) is 117 cm³/mol. The summed E-state index contributed by atoms with van der Waals surface area (Å²) >= 11 is 5.94. The minimum atomic E-state index is -3.68. The maximum absolute atomic E-state index is 12.8. The standard InChI is InChI=1S/C22H21ClN2O3S/c1-15-4-11-20(12-5-15)29(27,28)25(3)19-9-6-17(7-10-19)22(26)24-21-13-8-18(23)14-16(21)2/h4-14H,1-3H3,(H,24,26). The Labute approximate surface area is 176 Å². The molecule has 0 aliphatic heterocycles. The first-order chi connectivity index (χ1) is 13.7. The van der Waals surface area contributed by atoms with E-state index in [1.54, 1.807) is 66.7 Å². The summed E-state index contributed by atoms with van der Waals surface area (Å²) in [5.41, 5.74) is 3.39. The number of hydrogen-bond donors (Lipinski definition) is 1. The molecule has 3 aromatic carbocycles. The number of rotatable bonds is 5. The van der Waals surface area contributed by atoms with Crippen LogP contribution in [0.5, 0.6) is 0 Å². The van der Waals surface area contributed by atoms with Crippen LogP contribution >= 0.6 is 11.6 Å². The molecule has 0 aliphatic rings. The summed E-state index contributed by atoms with van der Waals surface area (Å²) in [5, 5.41) is 3.43. The number of carbonyl (C=O) groups excluding carboxylic acids is 1. The van der Waals surface area contributed by atoms with Crippen molar-refractivity contribution in [3.8, 4) is 0 Å². The van der Waals surface area contributed by atoms with Crippen molar-refractivity contribution in [3.63, 3.8) is 0 Å². The Morgan fingerprint density at radius 1 is 0.931 bits per heavy atom. The summed E-state index contributed by atoms with van der Waals surface area (Å²) in [7, 11) is -2.19. The number of aryl methyl sites for hydroxylation is 2. The van der Waals surface area contributed by atoms with E-state index in [2.05, 4.69) is 5.32 Å². The quantitative estimate of drug-likeness (QED) is 0.619. The fourth-order valence-corrected chi connectivity index (χ4v) is 4.21. The van der Waals surface area contributed by atoms with Gasteiger partial charge in [0.15, 0.2) is 0 Å². The lowest BCUT2D eigenvalue weighted by Crippen LogP contribution is -2.26. The lowest BCUT2D eigenvalue weighted by atomic mass is 10.1. The first-order valence-electron chi connectivity index (χ1n) is 8.91. The van der Waals surface area contributed by atoms with E-state index in [0.29, 0.717) is 22.0 Å². The van der Waals surface area contributed by atoms with Crippen molar-refractivity contribution >= 4 is 38.9 Å². The Kier molecular flexibility index (Phi) is 5.96. The molecule has 1 amide bonds. The normalized spacial score (nSPS) is 11.2. The average Bonchev–Trinajstić information content (AvgIpc) is 2.70. The molecule has 7 heteroatoms. The fraction of sp³-hybridized carbons (Fsp3) is 0.136. The molecule has 0 atom stereocenters. The van der Waals surface area contributed by atoms with Crippen LogP contribution in [0, 0.1) is 13.8 Å². The van der Waals surface area contributed by atoms with Crippen LogP contribution in [0.1, 0.15) is 21.5 Å². The summed E-state index contributed by atoms with van der Waals surface area (Å²) in [5.74, 6) is -0.286. The molecule has 29 heavy (non-hydrogen) atoms. The third kappa shape index (κ3) is 4.60. The molecule has 3 aromatic rings. The molecule has 0 bridgehead atoms. The maximum Gasteiger partial charge on any atom is 0.264 e. The first kappa shape index (κ1) is 20.9. The van der Waals surface area contributed by atoms with Crippen LogP contribution in [0.3, 0.4) is 0 Å². The minimum absolute atomic E-state index is 0.214. The van der Waals surface area contributed by atoms with Gasteiger partial charge in [0, 0.05) is 23.3 Å². The molecule has 0 saturated heterocycles. The minimum Gasteiger partial charge on any atom is -0.322 e. The van der Waals surface area contributed by atoms with Crippen molar-refractivity contribution in [1.29, 1.82) is 0 Å². The highest BCUT2D eigenvalue weighted by Crippen LogP contribution is 2.24. The largest absolute Gasteiger partial charge is 0.322 e. The Morgan fingerprint density at radius 2 is 1.55 bits per heavy atom. The molecule has 0 aromatic heterocycles. The van der Waals surface area contributed by atoms with E-state index < -0.39 is 10.0 Å². The number of anilines is 2. The van der Waals surface area contributed by atoms with Gasteiger partial charge in [0.1, 0.15) is 0 Å². The highest BCUT2D eigenvalue weighted by atomic mass is 35.5. The lowest BCUT2D eigenvalue weighted by molar-refractivity contribution is 0.102. The van der Waals surface area contributed by atoms with E-state index in [4.69, 9.17) is 11.6 Å². The Morgan fingerprint density at radius 3 is 2.14 bits per heavy atom. The van der Waals surface area contributed by atoms with Gasteiger partial charge < -0.3 is 5.32 Å². The van der Waals surface area contributed by atoms with Crippen molar-refractivity contribution in [2.24, 2.45) is 0 Å². The summed E-state index contributed by atoms with van der Waals surface area (Å²) in [6.07, 6.45) is 0. The van der Waals surface area contributed by atoms with Crippen LogP contribution in [0.15, 0.2) is 71.6 Å². The smallest absolute Gasteiger partial charge is 0.264 e. The van der Waals surface area contributed by atoms with Crippen molar-refractivity contribution < 1.29 is 13.2 Å². The number of amides is 1. The Bertz CT molecular complexity index is 1140. The Hall–Kier alpha value is -2.83. The van der Waals surface area contributed by atoms with E-state index in [-0.39, 0.29) is 10.8 Å². The molecular formula is C22H21ClN2O3S. The molecule has 3 rings (SSSR count). The maximum atomic E-state index is 12.8. The number of carbonyl (C=O) groups is 1. The van der Waals surface area contributed by atoms with Gasteiger partial charge in [-0.15, -0.1) is 0 Å². The van der Waals surface area contributed by atoms with E-state index in [9.17, 15) is 13.2 Å². The average molecular weight is 429 g/mol. The SMILES string of the molecule is Cc1ccc(S(=O)(=O)N(C)c2ccc(C(=O)Nc3ccc(Cl)cc3C)cc2)cc1. The number of halogens is 1. The van der Waals surface area contributed by atoms with Crippen molar-refractivity contribution in [2.45, 2.75) is 18.7 Å². The highest BCUT2D eigenvalue weighted by molar-refractivity contribution is 7.92. The predicted octanol–water partition coefficient (Wildman–Crippen LogP) is 5.03. The zero-order chi connectivity index (χ0) is 21.2. The van der Waals surface area contributed by atoms with Gasteiger partial charge in [-0.3, -0.25) is 9.10 Å². The molecule has 0 unspecified atom stereocenters. The molecule has 0 heterocycles. The first-order valence-corrected chi connectivity index (χ1v) is 10.7. The van der Waals surface area contributed by atoms with Gasteiger partial charge in [-0.1, -0.05) is 29.3 Å². The molecular weight excluding hydrogens is 408 g/mol. The van der Waals surface area contributed by atoms with Crippen LogP contribution in [-0.4, -0.2) is 21.4 Å². The van der Waals surface area contributed by atoms with Gasteiger partial charge in [-0.05, 0) is 74.0 Å². The van der Waals surface area contributed by atoms with Crippen LogP contribution in [0.25, 0.3) is 0 Å². The second-order valence-corrected chi connectivity index (χ2v) is 9.15. The van der Waals surface area contributed by atoms with E-state index in [0.717, 1.165) is 11.1 Å². The van der Waals surface area contributed by atoms with Gasteiger partial charge >= 0.3 is 0 Å². The summed E-state index contributed by atoms with van der Waals surface area (Å²) in [4.78, 5) is 12.7. The molecule has 0 aliphatic carbocycles. The van der Waals surface area contributed by atoms with Gasteiger partial charge in [-0.2, -0.15) is 0 Å². The third-order valence-electron chi connectivity index (χ3n) is 4.61. The zero-order valence-electron chi connectivity index (χ0n) is 16.3. The van der Waals surface area contributed by atoms with E-state index >= 15 is 0 Å². The summed E-state index contributed by atoms with van der Waals surface area (Å²) < 4.78 is 26.8. The van der Waals surface area contributed by atoms with Crippen LogP contribution < -0.4 is 9.62 Å². The topological polar surface area (TPSA) is 66.5 Å². The lowest BCUT2D eigenvalue weighted by Gasteiger charge is -2.20. The highest BCUT2D eigenvalue weighted by Gasteiger charge is 2.21. The van der Waals surface area contributed by atoms with Gasteiger partial charge in [0.2, 0.25) is 0 Å². The molecule has 0 radical (unpaired) electrons. The molecule has 0 spiro atoms. The van der Waals surface area contributed by atoms with Crippen LogP contribution in [0.4, 0.5) is 11.4 Å². The number of sulfonamides is 1. The second-order valence-electron chi connectivity index (χ2n) is 6.75. The summed E-state index contributed by atoms with van der Waals surface area (Å²) in [6.45, 7) is 3.75. The van der Waals surface area contributed by atoms with Crippen LogP contribution in [0.2, 0.25) is 5.02 Å². The Balaban J connectivity index is 1.78. The third-order valence-corrected chi connectivity index (χ3v) is 6.64. The van der Waals surface area contributed by atoms with Crippen LogP contribution in [-0.2, 0) is 10.0 Å². The second kappa shape index (κ2) is 8.27. The van der Waals surface area contributed by atoms with E-state index in [1.165, 1.54) is 11.4 Å². The van der Waals surface area contributed by atoms with Gasteiger partial charge in [-0.25, -0.2) is 8.42 Å². The molecule has 0 fully saturated rings.